The van der Waals surface area contributed by atoms with Crippen LogP contribution in [0.2, 0.25) is 0 Å². The standard InChI is InChI=1S/C25H27N3O2/c1-30-22-11-7-10-21(18-22)28-16-14-27(15-17-28)19-25(29)26-24-13-6-5-12-23(24)20-8-3-2-4-9-20/h2-13,18H,14-17,19H2,1H3,(H,26,29). The van der Waals surface area contributed by atoms with Crippen LogP contribution in [0.25, 0.3) is 11.1 Å². The number of anilines is 2. The first-order chi connectivity index (χ1) is 14.7. The van der Waals surface area contributed by atoms with E-state index in [9.17, 15) is 4.79 Å². The van der Waals surface area contributed by atoms with E-state index in [1.54, 1.807) is 7.11 Å². The first-order valence-corrected chi connectivity index (χ1v) is 10.3. The van der Waals surface area contributed by atoms with Gasteiger partial charge in [0.15, 0.2) is 0 Å². The Morgan fingerprint density at radius 2 is 1.63 bits per heavy atom. The van der Waals surface area contributed by atoms with Crippen LogP contribution in [0, 0.1) is 0 Å². The van der Waals surface area contributed by atoms with Crippen LogP contribution >= 0.6 is 0 Å². The van der Waals surface area contributed by atoms with Gasteiger partial charge in [0.1, 0.15) is 5.75 Å². The van der Waals surface area contributed by atoms with E-state index in [-0.39, 0.29) is 5.91 Å². The lowest BCUT2D eigenvalue weighted by Gasteiger charge is -2.35. The molecule has 0 bridgehead atoms. The Hall–Kier alpha value is -3.31. The molecule has 5 nitrogen and oxygen atoms in total. The zero-order chi connectivity index (χ0) is 20.8. The fraction of sp³-hybridized carbons (Fsp3) is 0.240. The summed E-state index contributed by atoms with van der Waals surface area (Å²) in [5.74, 6) is 0.889. The Kier molecular flexibility index (Phi) is 6.30. The first-order valence-electron chi connectivity index (χ1n) is 10.3. The second kappa shape index (κ2) is 9.46. The van der Waals surface area contributed by atoms with Gasteiger partial charge >= 0.3 is 0 Å². The van der Waals surface area contributed by atoms with E-state index in [1.165, 1.54) is 0 Å². The van der Waals surface area contributed by atoms with Crippen molar-refractivity contribution in [2.75, 3.05) is 50.1 Å². The van der Waals surface area contributed by atoms with Crippen LogP contribution < -0.4 is 15.0 Å². The molecule has 1 heterocycles. The predicted octanol–water partition coefficient (Wildman–Crippen LogP) is 4.12. The molecule has 5 heteroatoms. The molecule has 154 valence electrons. The summed E-state index contributed by atoms with van der Waals surface area (Å²) in [4.78, 5) is 17.3. The maximum Gasteiger partial charge on any atom is 0.238 e. The lowest BCUT2D eigenvalue weighted by Crippen LogP contribution is -2.48. The minimum Gasteiger partial charge on any atom is -0.497 e. The second-order valence-electron chi connectivity index (χ2n) is 7.42. The predicted molar refractivity (Wildman–Crippen MR) is 122 cm³/mol. The van der Waals surface area contributed by atoms with E-state index >= 15 is 0 Å². The average Bonchev–Trinajstić information content (AvgIpc) is 2.80. The minimum absolute atomic E-state index is 0.0215. The molecule has 3 aromatic rings. The molecule has 1 aliphatic rings. The van der Waals surface area contributed by atoms with Gasteiger partial charge in [-0.15, -0.1) is 0 Å². The number of benzene rings is 3. The number of methoxy groups -OCH3 is 1. The van der Waals surface area contributed by atoms with Gasteiger partial charge in [-0.2, -0.15) is 0 Å². The topological polar surface area (TPSA) is 44.8 Å². The second-order valence-corrected chi connectivity index (χ2v) is 7.42. The van der Waals surface area contributed by atoms with Crippen molar-refractivity contribution in [3.63, 3.8) is 0 Å². The summed E-state index contributed by atoms with van der Waals surface area (Å²) >= 11 is 0. The summed E-state index contributed by atoms with van der Waals surface area (Å²) in [6, 6.07) is 26.2. The fourth-order valence-electron chi connectivity index (χ4n) is 3.83. The molecule has 1 fully saturated rings. The van der Waals surface area contributed by atoms with Gasteiger partial charge in [-0.1, -0.05) is 54.6 Å². The number of rotatable bonds is 6. The van der Waals surface area contributed by atoms with E-state index in [1.807, 2.05) is 54.6 Å². The average molecular weight is 402 g/mol. The van der Waals surface area contributed by atoms with Gasteiger partial charge < -0.3 is 15.0 Å². The number of hydrogen-bond donors (Lipinski definition) is 1. The van der Waals surface area contributed by atoms with Gasteiger partial charge in [0.05, 0.1) is 13.7 Å². The number of nitrogens with one attached hydrogen (secondary N) is 1. The minimum atomic E-state index is 0.0215. The third-order valence-electron chi connectivity index (χ3n) is 5.44. The molecule has 0 saturated carbocycles. The Labute approximate surface area is 177 Å². The maximum atomic E-state index is 12.7. The molecule has 4 rings (SSSR count). The van der Waals surface area contributed by atoms with Crippen LogP contribution in [-0.4, -0.2) is 50.6 Å². The molecule has 0 spiro atoms. The molecule has 3 aromatic carbocycles. The molecular weight excluding hydrogens is 374 g/mol. The third-order valence-corrected chi connectivity index (χ3v) is 5.44. The first kappa shape index (κ1) is 20.0. The van der Waals surface area contributed by atoms with Gasteiger partial charge in [0.2, 0.25) is 5.91 Å². The highest BCUT2D eigenvalue weighted by molar-refractivity contribution is 5.96. The van der Waals surface area contributed by atoms with Gasteiger partial charge in [-0.25, -0.2) is 0 Å². The van der Waals surface area contributed by atoms with Crippen molar-refractivity contribution in [3.05, 3.63) is 78.9 Å². The normalized spacial score (nSPS) is 14.4. The van der Waals surface area contributed by atoms with E-state index in [2.05, 4.69) is 39.4 Å². The molecule has 1 N–H and O–H groups in total. The Balaban J connectivity index is 1.34. The largest absolute Gasteiger partial charge is 0.497 e. The highest BCUT2D eigenvalue weighted by atomic mass is 16.5. The lowest BCUT2D eigenvalue weighted by molar-refractivity contribution is -0.117. The highest BCUT2D eigenvalue weighted by Crippen LogP contribution is 2.27. The summed E-state index contributed by atoms with van der Waals surface area (Å²) in [5.41, 5.74) is 4.15. The zero-order valence-electron chi connectivity index (χ0n) is 17.3. The molecule has 0 atom stereocenters. The number of ether oxygens (including phenoxy) is 1. The lowest BCUT2D eigenvalue weighted by atomic mass is 10.0. The summed E-state index contributed by atoms with van der Waals surface area (Å²) < 4.78 is 5.33. The number of amides is 1. The van der Waals surface area contributed by atoms with Gasteiger partial charge in [-0.3, -0.25) is 9.69 Å². The van der Waals surface area contributed by atoms with E-state index in [0.717, 1.165) is 54.4 Å². The Morgan fingerprint density at radius 3 is 2.40 bits per heavy atom. The van der Waals surface area contributed by atoms with Crippen LogP contribution in [0.5, 0.6) is 5.75 Å². The van der Waals surface area contributed by atoms with Gasteiger partial charge in [0, 0.05) is 49.2 Å². The van der Waals surface area contributed by atoms with Crippen molar-refractivity contribution < 1.29 is 9.53 Å². The number of nitrogens with zero attached hydrogens (tertiary/aromatic N) is 2. The molecule has 0 radical (unpaired) electrons. The van der Waals surface area contributed by atoms with Crippen molar-refractivity contribution in [1.82, 2.24) is 4.90 Å². The Bertz CT molecular complexity index is 982. The van der Waals surface area contributed by atoms with E-state index in [4.69, 9.17) is 4.74 Å². The Morgan fingerprint density at radius 1 is 0.900 bits per heavy atom. The van der Waals surface area contributed by atoms with Crippen molar-refractivity contribution in [1.29, 1.82) is 0 Å². The number of carbonyl (C=O) groups is 1. The molecule has 0 aromatic heterocycles. The van der Waals surface area contributed by atoms with Crippen LogP contribution in [0.3, 0.4) is 0 Å². The SMILES string of the molecule is COc1cccc(N2CCN(CC(=O)Nc3ccccc3-c3ccccc3)CC2)c1. The molecular formula is C25H27N3O2. The highest BCUT2D eigenvalue weighted by Gasteiger charge is 2.20. The quantitative estimate of drug-likeness (QED) is 0.675. The van der Waals surface area contributed by atoms with Crippen LogP contribution in [0.4, 0.5) is 11.4 Å². The van der Waals surface area contributed by atoms with Crippen molar-refractivity contribution in [2.24, 2.45) is 0 Å². The zero-order valence-corrected chi connectivity index (χ0v) is 17.3. The van der Waals surface area contributed by atoms with Gasteiger partial charge in [0.25, 0.3) is 0 Å². The summed E-state index contributed by atoms with van der Waals surface area (Å²) in [7, 11) is 1.69. The number of hydrogen-bond acceptors (Lipinski definition) is 4. The fourth-order valence-corrected chi connectivity index (χ4v) is 3.83. The number of piperazine rings is 1. The monoisotopic (exact) mass is 401 g/mol. The van der Waals surface area contributed by atoms with Crippen LogP contribution in [-0.2, 0) is 4.79 Å². The van der Waals surface area contributed by atoms with E-state index < -0.39 is 0 Å². The molecule has 1 aliphatic heterocycles. The molecule has 0 aliphatic carbocycles. The van der Waals surface area contributed by atoms with E-state index in [0.29, 0.717) is 6.54 Å². The number of para-hydroxylation sites is 1. The van der Waals surface area contributed by atoms with Crippen LogP contribution in [0.15, 0.2) is 78.9 Å². The molecule has 1 amide bonds. The summed E-state index contributed by atoms with van der Waals surface area (Å²) in [6.45, 7) is 3.88. The summed E-state index contributed by atoms with van der Waals surface area (Å²) in [5, 5.41) is 3.10. The maximum absolute atomic E-state index is 12.7. The third kappa shape index (κ3) is 4.81. The van der Waals surface area contributed by atoms with Gasteiger partial charge in [-0.05, 0) is 23.8 Å². The molecule has 1 saturated heterocycles. The molecule has 0 unspecified atom stereocenters. The molecule has 30 heavy (non-hydrogen) atoms. The number of carbonyl (C=O) groups excluding carboxylic acids is 1. The van der Waals surface area contributed by atoms with Crippen molar-refractivity contribution in [2.45, 2.75) is 0 Å². The van der Waals surface area contributed by atoms with Crippen molar-refractivity contribution in [3.8, 4) is 16.9 Å². The summed E-state index contributed by atoms with van der Waals surface area (Å²) in [6.07, 6.45) is 0. The smallest absolute Gasteiger partial charge is 0.238 e. The van der Waals surface area contributed by atoms with Crippen molar-refractivity contribution >= 4 is 17.3 Å². The van der Waals surface area contributed by atoms with Crippen LogP contribution in [0.1, 0.15) is 0 Å².